The number of nitrogens with one attached hydrogen (secondary N) is 1. The van der Waals surface area contributed by atoms with Crippen molar-refractivity contribution in [3.8, 4) is 5.75 Å². The van der Waals surface area contributed by atoms with Crippen molar-refractivity contribution in [2.45, 2.75) is 13.5 Å². The molecule has 0 aliphatic heterocycles. The second-order valence-electron chi connectivity index (χ2n) is 5.96. The molecular weight excluding hydrogens is 424 g/mol. The fraction of sp³-hybridized carbons (Fsp3) is 0.100. The molecule has 142 valence electrons. The van der Waals surface area contributed by atoms with E-state index in [1.165, 1.54) is 30.1 Å². The number of hydrazone groups is 1. The predicted octanol–water partition coefficient (Wildman–Crippen LogP) is 5.09. The van der Waals surface area contributed by atoms with Crippen LogP contribution in [0.4, 0.5) is 11.5 Å². The van der Waals surface area contributed by atoms with Gasteiger partial charge in [0.15, 0.2) is 0 Å². The summed E-state index contributed by atoms with van der Waals surface area (Å²) in [5, 5.41) is 15.1. The van der Waals surface area contributed by atoms with E-state index in [9.17, 15) is 10.1 Å². The maximum atomic E-state index is 11.0. The summed E-state index contributed by atoms with van der Waals surface area (Å²) < 4.78 is 6.80. The maximum absolute atomic E-state index is 11.0. The summed E-state index contributed by atoms with van der Waals surface area (Å²) in [6, 6.07) is 16.5. The Hall–Kier alpha value is -3.26. The van der Waals surface area contributed by atoms with E-state index in [2.05, 4.69) is 37.5 Å². The highest BCUT2D eigenvalue weighted by molar-refractivity contribution is 9.10. The number of hydrogen-bond donors (Lipinski definition) is 1. The highest BCUT2D eigenvalue weighted by atomic mass is 79.9. The molecule has 1 N–H and O–H groups in total. The number of pyridine rings is 1. The largest absolute Gasteiger partial charge is 0.488 e. The molecule has 0 spiro atoms. The molecule has 0 bridgehead atoms. The van der Waals surface area contributed by atoms with Crippen LogP contribution in [-0.2, 0) is 6.61 Å². The summed E-state index contributed by atoms with van der Waals surface area (Å²) in [5.41, 5.74) is 5.41. The molecule has 0 unspecified atom stereocenters. The number of aryl methyl sites for hydroxylation is 1. The summed E-state index contributed by atoms with van der Waals surface area (Å²) in [4.78, 5) is 14.5. The van der Waals surface area contributed by atoms with Gasteiger partial charge in [-0.2, -0.15) is 5.10 Å². The zero-order chi connectivity index (χ0) is 19.9. The molecule has 2 aromatic carbocycles. The summed E-state index contributed by atoms with van der Waals surface area (Å²) in [7, 11) is 0. The first-order valence-corrected chi connectivity index (χ1v) is 9.18. The number of halogens is 1. The predicted molar refractivity (Wildman–Crippen MR) is 112 cm³/mol. The molecule has 0 amide bonds. The van der Waals surface area contributed by atoms with Crippen LogP contribution in [0.2, 0.25) is 0 Å². The Morgan fingerprint density at radius 1 is 1.25 bits per heavy atom. The van der Waals surface area contributed by atoms with Gasteiger partial charge in [-0.05, 0) is 36.8 Å². The van der Waals surface area contributed by atoms with Crippen molar-refractivity contribution in [2.24, 2.45) is 5.10 Å². The first-order chi connectivity index (χ1) is 13.5. The van der Waals surface area contributed by atoms with Gasteiger partial charge in [0.25, 0.3) is 0 Å². The number of nitrogens with zero attached hydrogens (tertiary/aromatic N) is 3. The molecule has 0 saturated heterocycles. The quantitative estimate of drug-likeness (QED) is 0.314. The lowest BCUT2D eigenvalue weighted by molar-refractivity contribution is -0.384. The van der Waals surface area contributed by atoms with Crippen molar-refractivity contribution >= 4 is 33.6 Å². The highest BCUT2D eigenvalue weighted by Crippen LogP contribution is 2.24. The SMILES string of the molecule is Cc1cccc(COc2ccc(Br)cc2/C=N\Nc2ncccc2[N+](=O)[O-])c1. The molecule has 7 nitrogen and oxygen atoms in total. The van der Waals surface area contributed by atoms with Gasteiger partial charge in [0.1, 0.15) is 12.4 Å². The summed E-state index contributed by atoms with van der Waals surface area (Å²) in [6.45, 7) is 2.45. The van der Waals surface area contributed by atoms with E-state index in [1.807, 2.05) is 43.3 Å². The van der Waals surface area contributed by atoms with Crippen LogP contribution in [0.15, 0.2) is 70.4 Å². The Balaban J connectivity index is 1.75. The first kappa shape index (κ1) is 19.5. The van der Waals surface area contributed by atoms with Gasteiger partial charge < -0.3 is 4.74 Å². The number of hydrogen-bond acceptors (Lipinski definition) is 6. The van der Waals surface area contributed by atoms with Gasteiger partial charge in [0.2, 0.25) is 5.82 Å². The zero-order valence-corrected chi connectivity index (χ0v) is 16.6. The second-order valence-corrected chi connectivity index (χ2v) is 6.87. The van der Waals surface area contributed by atoms with Crippen LogP contribution < -0.4 is 10.2 Å². The molecule has 0 saturated carbocycles. The first-order valence-electron chi connectivity index (χ1n) is 8.39. The van der Waals surface area contributed by atoms with Gasteiger partial charge in [0.05, 0.1) is 11.1 Å². The molecule has 3 aromatic rings. The lowest BCUT2D eigenvalue weighted by atomic mass is 10.1. The molecule has 1 heterocycles. The van der Waals surface area contributed by atoms with E-state index in [1.54, 1.807) is 0 Å². The van der Waals surface area contributed by atoms with E-state index < -0.39 is 4.92 Å². The molecule has 28 heavy (non-hydrogen) atoms. The molecule has 3 rings (SSSR count). The Labute approximate surface area is 170 Å². The lowest BCUT2D eigenvalue weighted by Gasteiger charge is -2.10. The minimum atomic E-state index is -0.514. The number of aromatic nitrogens is 1. The Morgan fingerprint density at radius 2 is 2.11 bits per heavy atom. The number of rotatable bonds is 7. The monoisotopic (exact) mass is 440 g/mol. The van der Waals surface area contributed by atoms with Crippen molar-refractivity contribution in [1.82, 2.24) is 4.98 Å². The molecule has 0 atom stereocenters. The Morgan fingerprint density at radius 3 is 2.89 bits per heavy atom. The van der Waals surface area contributed by atoms with Gasteiger partial charge in [-0.25, -0.2) is 4.98 Å². The van der Waals surface area contributed by atoms with Crippen molar-refractivity contribution < 1.29 is 9.66 Å². The van der Waals surface area contributed by atoms with Crippen LogP contribution in [0.3, 0.4) is 0 Å². The van der Waals surface area contributed by atoms with Crippen LogP contribution in [0.5, 0.6) is 5.75 Å². The van der Waals surface area contributed by atoms with Gasteiger partial charge in [-0.15, -0.1) is 0 Å². The standard InChI is InChI=1S/C20H17BrN4O3/c1-14-4-2-5-15(10-14)13-28-19-8-7-17(21)11-16(19)12-23-24-20-18(25(26)27)6-3-9-22-20/h2-12H,13H2,1H3,(H,22,24)/b23-12-. The smallest absolute Gasteiger partial charge is 0.313 e. The van der Waals surface area contributed by atoms with Gasteiger partial charge in [-0.3, -0.25) is 15.5 Å². The van der Waals surface area contributed by atoms with Crippen LogP contribution in [0.1, 0.15) is 16.7 Å². The van der Waals surface area contributed by atoms with Gasteiger partial charge in [-0.1, -0.05) is 45.8 Å². The number of anilines is 1. The fourth-order valence-electron chi connectivity index (χ4n) is 2.51. The van der Waals surface area contributed by atoms with Crippen molar-refractivity contribution in [1.29, 1.82) is 0 Å². The molecule has 1 aromatic heterocycles. The summed E-state index contributed by atoms with van der Waals surface area (Å²) >= 11 is 3.43. The number of benzene rings is 2. The molecule has 0 aliphatic rings. The maximum Gasteiger partial charge on any atom is 0.313 e. The Kier molecular flexibility index (Phi) is 6.33. The van der Waals surface area contributed by atoms with E-state index in [0.29, 0.717) is 17.9 Å². The number of ether oxygens (including phenoxy) is 1. The van der Waals surface area contributed by atoms with Crippen LogP contribution in [0, 0.1) is 17.0 Å². The average molecular weight is 441 g/mol. The fourth-order valence-corrected chi connectivity index (χ4v) is 2.89. The molecule has 0 fully saturated rings. The summed E-state index contributed by atoms with van der Waals surface area (Å²) in [6.07, 6.45) is 3.00. The van der Waals surface area contributed by atoms with Crippen LogP contribution in [0.25, 0.3) is 0 Å². The van der Waals surface area contributed by atoms with Crippen molar-refractivity contribution in [3.63, 3.8) is 0 Å². The van der Waals surface area contributed by atoms with E-state index in [0.717, 1.165) is 10.0 Å². The third-order valence-electron chi connectivity index (χ3n) is 3.81. The molecule has 0 radical (unpaired) electrons. The Bertz CT molecular complexity index is 1020. The normalized spacial score (nSPS) is 10.8. The van der Waals surface area contributed by atoms with Gasteiger partial charge in [0, 0.05) is 22.3 Å². The average Bonchev–Trinajstić information content (AvgIpc) is 2.67. The summed E-state index contributed by atoms with van der Waals surface area (Å²) in [5.74, 6) is 0.715. The molecular formula is C20H17BrN4O3. The van der Waals surface area contributed by atoms with Crippen molar-refractivity contribution in [3.05, 3.63) is 92.1 Å². The second kappa shape index (κ2) is 9.09. The third-order valence-corrected chi connectivity index (χ3v) is 4.30. The lowest BCUT2D eigenvalue weighted by Crippen LogP contribution is -2.01. The van der Waals surface area contributed by atoms with E-state index >= 15 is 0 Å². The van der Waals surface area contributed by atoms with Crippen LogP contribution >= 0.6 is 15.9 Å². The number of nitro groups is 1. The van der Waals surface area contributed by atoms with Gasteiger partial charge >= 0.3 is 5.69 Å². The zero-order valence-electron chi connectivity index (χ0n) is 15.0. The van der Waals surface area contributed by atoms with E-state index in [-0.39, 0.29) is 11.5 Å². The molecule has 0 aliphatic carbocycles. The van der Waals surface area contributed by atoms with E-state index in [4.69, 9.17) is 4.74 Å². The third kappa shape index (κ3) is 5.14. The van der Waals surface area contributed by atoms with Crippen molar-refractivity contribution in [2.75, 3.05) is 5.43 Å². The minimum absolute atomic E-state index is 0.0703. The topological polar surface area (TPSA) is 89.7 Å². The minimum Gasteiger partial charge on any atom is -0.488 e. The highest BCUT2D eigenvalue weighted by Gasteiger charge is 2.13. The van der Waals surface area contributed by atoms with Crippen LogP contribution in [-0.4, -0.2) is 16.1 Å². The molecule has 8 heteroatoms.